The molecule has 0 amide bonds. The predicted octanol–water partition coefficient (Wildman–Crippen LogP) is 3.65. The van der Waals surface area contributed by atoms with E-state index in [1.165, 1.54) is 22.3 Å². The van der Waals surface area contributed by atoms with E-state index in [-0.39, 0.29) is 17.9 Å². The Morgan fingerprint density at radius 2 is 1.48 bits per heavy atom. The summed E-state index contributed by atoms with van der Waals surface area (Å²) in [6.45, 7) is 4.18. The number of aryl methyl sites for hydroxylation is 2. The Kier molecular flexibility index (Phi) is 4.84. The first kappa shape index (κ1) is 16.2. The van der Waals surface area contributed by atoms with Gasteiger partial charge in [0.25, 0.3) is 0 Å². The van der Waals surface area contributed by atoms with E-state index in [0.717, 1.165) is 19.3 Å². The van der Waals surface area contributed by atoms with Gasteiger partial charge < -0.3 is 10.8 Å². The molecule has 1 aliphatic rings. The van der Waals surface area contributed by atoms with Gasteiger partial charge in [-0.3, -0.25) is 0 Å². The van der Waals surface area contributed by atoms with Crippen molar-refractivity contribution in [1.29, 1.82) is 0 Å². The van der Waals surface area contributed by atoms with Crippen LogP contribution in [0.1, 0.15) is 48.4 Å². The molecule has 2 aromatic carbocycles. The number of aliphatic hydroxyl groups excluding tert-OH is 1. The predicted molar refractivity (Wildman–Crippen MR) is 95.6 cm³/mol. The van der Waals surface area contributed by atoms with E-state index in [1.807, 2.05) is 6.92 Å². The first-order valence-electron chi connectivity index (χ1n) is 8.72. The zero-order valence-electron chi connectivity index (χ0n) is 14.1. The molecule has 122 valence electrons. The van der Waals surface area contributed by atoms with Crippen molar-refractivity contribution in [2.75, 3.05) is 0 Å². The van der Waals surface area contributed by atoms with Crippen LogP contribution in [0.5, 0.6) is 0 Å². The maximum absolute atomic E-state index is 10.8. The average Bonchev–Trinajstić information content (AvgIpc) is 2.76. The van der Waals surface area contributed by atoms with Crippen molar-refractivity contribution >= 4 is 0 Å². The van der Waals surface area contributed by atoms with Gasteiger partial charge in [0, 0.05) is 12.0 Å². The fraction of sp³-hybridized carbons (Fsp3) is 0.429. The number of hydrogen-bond donors (Lipinski definition) is 2. The van der Waals surface area contributed by atoms with Crippen molar-refractivity contribution in [2.45, 2.75) is 51.2 Å². The van der Waals surface area contributed by atoms with Gasteiger partial charge in [-0.15, -0.1) is 0 Å². The number of nitrogens with two attached hydrogens (primary N) is 1. The van der Waals surface area contributed by atoms with Crippen LogP contribution in [-0.2, 0) is 12.8 Å². The summed E-state index contributed by atoms with van der Waals surface area (Å²) in [5.74, 6) is 0.294. The van der Waals surface area contributed by atoms with Crippen LogP contribution in [0.4, 0.5) is 0 Å². The highest BCUT2D eigenvalue weighted by Crippen LogP contribution is 2.40. The lowest BCUT2D eigenvalue weighted by Crippen LogP contribution is -2.41. The van der Waals surface area contributed by atoms with Crippen LogP contribution < -0.4 is 5.73 Å². The molecule has 23 heavy (non-hydrogen) atoms. The highest BCUT2D eigenvalue weighted by molar-refractivity contribution is 5.45. The minimum absolute atomic E-state index is 0.0883. The van der Waals surface area contributed by atoms with Crippen molar-refractivity contribution in [1.82, 2.24) is 0 Å². The second-order valence-corrected chi connectivity index (χ2v) is 6.80. The van der Waals surface area contributed by atoms with E-state index in [0.29, 0.717) is 0 Å². The molecule has 0 heterocycles. The summed E-state index contributed by atoms with van der Waals surface area (Å²) in [6, 6.07) is 17.2. The lowest BCUT2D eigenvalue weighted by atomic mass is 9.75. The molecule has 1 aliphatic carbocycles. The molecule has 0 spiro atoms. The molecule has 0 aliphatic heterocycles. The first-order valence-corrected chi connectivity index (χ1v) is 8.72. The normalized spacial score (nSPS) is 18.4. The van der Waals surface area contributed by atoms with Crippen LogP contribution in [0, 0.1) is 5.92 Å². The third kappa shape index (κ3) is 3.06. The maximum Gasteiger partial charge on any atom is 0.0725 e. The minimum atomic E-state index is -0.496. The van der Waals surface area contributed by atoms with Crippen molar-refractivity contribution in [3.05, 3.63) is 70.8 Å². The van der Waals surface area contributed by atoms with E-state index in [9.17, 15) is 5.11 Å². The van der Waals surface area contributed by atoms with Gasteiger partial charge in [0.2, 0.25) is 0 Å². The fourth-order valence-electron chi connectivity index (χ4n) is 3.96. The van der Waals surface area contributed by atoms with Gasteiger partial charge in [-0.05, 0) is 47.4 Å². The van der Waals surface area contributed by atoms with E-state index >= 15 is 0 Å². The molecule has 2 nitrogen and oxygen atoms in total. The third-order valence-corrected chi connectivity index (χ3v) is 5.42. The van der Waals surface area contributed by atoms with Gasteiger partial charge in [-0.2, -0.15) is 0 Å². The Morgan fingerprint density at radius 3 is 1.96 bits per heavy atom. The van der Waals surface area contributed by atoms with Crippen LogP contribution in [0.15, 0.2) is 48.5 Å². The van der Waals surface area contributed by atoms with Crippen LogP contribution in [0.3, 0.4) is 0 Å². The second kappa shape index (κ2) is 6.86. The quantitative estimate of drug-likeness (QED) is 0.905. The maximum atomic E-state index is 10.8. The molecule has 0 saturated heterocycles. The van der Waals surface area contributed by atoms with E-state index < -0.39 is 6.10 Å². The molecule has 3 N–H and O–H groups in total. The molecule has 2 aromatic rings. The van der Waals surface area contributed by atoms with Crippen molar-refractivity contribution in [3.8, 4) is 0 Å². The van der Waals surface area contributed by atoms with Crippen molar-refractivity contribution < 1.29 is 5.11 Å². The molecule has 0 saturated carbocycles. The average molecular weight is 309 g/mol. The number of rotatable bonds is 4. The van der Waals surface area contributed by atoms with Crippen LogP contribution in [0.25, 0.3) is 0 Å². The Balaban J connectivity index is 2.10. The van der Waals surface area contributed by atoms with Gasteiger partial charge in [0.05, 0.1) is 6.10 Å². The van der Waals surface area contributed by atoms with Gasteiger partial charge in [0.15, 0.2) is 0 Å². The largest absolute Gasteiger partial charge is 0.391 e. The van der Waals surface area contributed by atoms with E-state index in [1.54, 1.807) is 0 Å². The zero-order valence-corrected chi connectivity index (χ0v) is 14.1. The summed E-state index contributed by atoms with van der Waals surface area (Å²) in [7, 11) is 0. The summed E-state index contributed by atoms with van der Waals surface area (Å²) in [5, 5.41) is 10.8. The molecule has 2 unspecified atom stereocenters. The first-order chi connectivity index (χ1) is 11.1. The highest BCUT2D eigenvalue weighted by atomic mass is 16.3. The smallest absolute Gasteiger partial charge is 0.0725 e. The summed E-state index contributed by atoms with van der Waals surface area (Å²) in [4.78, 5) is 0. The zero-order chi connectivity index (χ0) is 16.4. The lowest BCUT2D eigenvalue weighted by Gasteiger charge is -2.32. The molecule has 0 fully saturated rings. The summed E-state index contributed by atoms with van der Waals surface area (Å²) >= 11 is 0. The standard InChI is InChI=1S/C21H27NO/c1-3-19(22)21(23)14(2)20-17-10-6-4-8-15(17)12-13-16-9-5-7-11-18(16)20/h4-11,14,19-21,23H,3,12-13,22H2,1-2H3/t14?,19?,21-/m1/s1. The minimum Gasteiger partial charge on any atom is -0.391 e. The van der Waals surface area contributed by atoms with Crippen LogP contribution in [-0.4, -0.2) is 17.3 Å². The fourth-order valence-corrected chi connectivity index (χ4v) is 3.96. The molecule has 0 radical (unpaired) electrons. The summed E-state index contributed by atoms with van der Waals surface area (Å²) in [6.07, 6.45) is 2.42. The molecule has 0 bridgehead atoms. The SMILES string of the molecule is CCC(N)[C@H](O)C(C)C1c2ccccc2CCc2ccccc21. The summed E-state index contributed by atoms with van der Waals surface area (Å²) in [5.41, 5.74) is 11.7. The Morgan fingerprint density at radius 1 is 1.00 bits per heavy atom. The number of benzene rings is 2. The molecular formula is C21H27NO. The van der Waals surface area contributed by atoms with Gasteiger partial charge in [-0.25, -0.2) is 0 Å². The number of aliphatic hydroxyl groups is 1. The van der Waals surface area contributed by atoms with Gasteiger partial charge in [0.1, 0.15) is 0 Å². The Hall–Kier alpha value is -1.64. The Bertz CT molecular complexity index is 619. The molecule has 2 heteroatoms. The van der Waals surface area contributed by atoms with E-state index in [4.69, 9.17) is 5.73 Å². The number of fused-ring (bicyclic) bond motifs is 2. The highest BCUT2D eigenvalue weighted by Gasteiger charge is 2.33. The molecule has 3 rings (SSSR count). The van der Waals surface area contributed by atoms with Gasteiger partial charge in [-0.1, -0.05) is 62.4 Å². The molecular weight excluding hydrogens is 282 g/mol. The van der Waals surface area contributed by atoms with Gasteiger partial charge >= 0.3 is 0 Å². The topological polar surface area (TPSA) is 46.2 Å². The summed E-state index contributed by atoms with van der Waals surface area (Å²) < 4.78 is 0. The molecule has 0 aromatic heterocycles. The van der Waals surface area contributed by atoms with Crippen LogP contribution >= 0.6 is 0 Å². The third-order valence-electron chi connectivity index (χ3n) is 5.42. The van der Waals surface area contributed by atoms with Crippen LogP contribution in [0.2, 0.25) is 0 Å². The van der Waals surface area contributed by atoms with Crippen molar-refractivity contribution in [3.63, 3.8) is 0 Å². The number of hydrogen-bond acceptors (Lipinski definition) is 2. The van der Waals surface area contributed by atoms with E-state index in [2.05, 4.69) is 55.5 Å². The molecule has 3 atom stereocenters. The second-order valence-electron chi connectivity index (χ2n) is 6.80. The Labute approximate surface area is 139 Å². The monoisotopic (exact) mass is 309 g/mol. The van der Waals surface area contributed by atoms with Crippen molar-refractivity contribution in [2.24, 2.45) is 11.7 Å². The lowest BCUT2D eigenvalue weighted by molar-refractivity contribution is 0.0807.